The number of rotatable bonds is 4. The third-order valence-corrected chi connectivity index (χ3v) is 2.52. The average molecular weight is 218 g/mol. The van der Waals surface area contributed by atoms with Crippen LogP contribution in [0.15, 0.2) is 18.2 Å². The van der Waals surface area contributed by atoms with Gasteiger partial charge in [0, 0.05) is 12.2 Å². The van der Waals surface area contributed by atoms with Crippen molar-refractivity contribution < 1.29 is 0 Å². The van der Waals surface area contributed by atoms with Crippen molar-refractivity contribution in [2.75, 3.05) is 11.9 Å². The standard InChI is InChI=1S/C10H13Cl2N/c1-2-3-6-13-8-4-5-9(11)10(12)7-8/h4-5,7,13H,2-3,6H2,1H3. The van der Waals surface area contributed by atoms with Crippen LogP contribution >= 0.6 is 23.2 Å². The Bertz CT molecular complexity index is 274. The SMILES string of the molecule is CCCCNc1ccc(Cl)c(Cl)c1. The normalized spacial score (nSPS) is 10.1. The lowest BCUT2D eigenvalue weighted by atomic mass is 10.3. The van der Waals surface area contributed by atoms with Crippen molar-refractivity contribution in [1.82, 2.24) is 0 Å². The maximum atomic E-state index is 5.85. The van der Waals surface area contributed by atoms with E-state index in [1.54, 1.807) is 6.07 Å². The molecular weight excluding hydrogens is 205 g/mol. The number of hydrogen-bond donors (Lipinski definition) is 1. The van der Waals surface area contributed by atoms with Crippen molar-refractivity contribution in [1.29, 1.82) is 0 Å². The molecule has 1 aromatic carbocycles. The van der Waals surface area contributed by atoms with Crippen LogP contribution in [0.2, 0.25) is 10.0 Å². The summed E-state index contributed by atoms with van der Waals surface area (Å²) in [6.45, 7) is 3.14. The second kappa shape index (κ2) is 5.36. The summed E-state index contributed by atoms with van der Waals surface area (Å²) in [4.78, 5) is 0. The molecule has 0 unspecified atom stereocenters. The molecule has 1 nitrogen and oxygen atoms in total. The molecule has 0 aliphatic heterocycles. The minimum absolute atomic E-state index is 0.600. The van der Waals surface area contributed by atoms with Gasteiger partial charge in [0.05, 0.1) is 10.0 Å². The molecule has 0 saturated carbocycles. The summed E-state index contributed by atoms with van der Waals surface area (Å²) in [5, 5.41) is 4.47. The lowest BCUT2D eigenvalue weighted by Crippen LogP contribution is -2.00. The first-order chi connectivity index (χ1) is 6.24. The molecule has 1 rings (SSSR count). The van der Waals surface area contributed by atoms with E-state index in [0.717, 1.165) is 12.2 Å². The van der Waals surface area contributed by atoms with Gasteiger partial charge in [0.15, 0.2) is 0 Å². The Morgan fingerprint density at radius 2 is 2.00 bits per heavy atom. The zero-order valence-electron chi connectivity index (χ0n) is 7.61. The van der Waals surface area contributed by atoms with E-state index in [2.05, 4.69) is 12.2 Å². The number of nitrogens with one attached hydrogen (secondary N) is 1. The van der Waals surface area contributed by atoms with Crippen molar-refractivity contribution in [3.05, 3.63) is 28.2 Å². The zero-order chi connectivity index (χ0) is 9.68. The minimum atomic E-state index is 0.600. The molecule has 0 atom stereocenters. The van der Waals surface area contributed by atoms with Gasteiger partial charge in [-0.25, -0.2) is 0 Å². The second-order valence-corrected chi connectivity index (χ2v) is 3.72. The first-order valence-corrected chi connectivity index (χ1v) is 5.18. The quantitative estimate of drug-likeness (QED) is 0.746. The van der Waals surface area contributed by atoms with Gasteiger partial charge in [-0.3, -0.25) is 0 Å². The van der Waals surface area contributed by atoms with E-state index in [1.807, 2.05) is 12.1 Å². The van der Waals surface area contributed by atoms with Crippen molar-refractivity contribution in [3.8, 4) is 0 Å². The molecule has 0 amide bonds. The predicted molar refractivity (Wildman–Crippen MR) is 59.9 cm³/mol. The molecule has 1 aromatic rings. The molecule has 13 heavy (non-hydrogen) atoms. The van der Waals surface area contributed by atoms with Gasteiger partial charge < -0.3 is 5.32 Å². The molecule has 0 aliphatic rings. The molecular formula is C10H13Cl2N. The summed E-state index contributed by atoms with van der Waals surface area (Å²) in [6, 6.07) is 5.58. The van der Waals surface area contributed by atoms with E-state index < -0.39 is 0 Å². The maximum Gasteiger partial charge on any atom is 0.0612 e. The molecule has 0 fully saturated rings. The Labute approximate surface area is 89.0 Å². The van der Waals surface area contributed by atoms with Gasteiger partial charge in [-0.1, -0.05) is 36.5 Å². The second-order valence-electron chi connectivity index (χ2n) is 2.91. The fraction of sp³-hybridized carbons (Fsp3) is 0.400. The van der Waals surface area contributed by atoms with Crippen LogP contribution in [-0.4, -0.2) is 6.54 Å². The predicted octanol–water partition coefficient (Wildman–Crippen LogP) is 4.21. The lowest BCUT2D eigenvalue weighted by molar-refractivity contribution is 0.834. The molecule has 0 aromatic heterocycles. The number of hydrogen-bond acceptors (Lipinski definition) is 1. The topological polar surface area (TPSA) is 12.0 Å². The van der Waals surface area contributed by atoms with Crippen LogP contribution < -0.4 is 5.32 Å². The molecule has 0 bridgehead atoms. The van der Waals surface area contributed by atoms with Crippen molar-refractivity contribution in [2.24, 2.45) is 0 Å². The largest absolute Gasteiger partial charge is 0.385 e. The minimum Gasteiger partial charge on any atom is -0.385 e. The molecule has 0 aliphatic carbocycles. The van der Waals surface area contributed by atoms with E-state index in [-0.39, 0.29) is 0 Å². The number of benzene rings is 1. The first-order valence-electron chi connectivity index (χ1n) is 4.43. The first kappa shape index (κ1) is 10.7. The Hall–Kier alpha value is -0.400. The fourth-order valence-electron chi connectivity index (χ4n) is 1.02. The summed E-state index contributed by atoms with van der Waals surface area (Å²) in [7, 11) is 0. The van der Waals surface area contributed by atoms with Gasteiger partial charge in [-0.05, 0) is 24.6 Å². The highest BCUT2D eigenvalue weighted by Crippen LogP contribution is 2.24. The molecule has 0 spiro atoms. The smallest absolute Gasteiger partial charge is 0.0612 e. The highest BCUT2D eigenvalue weighted by molar-refractivity contribution is 6.42. The van der Waals surface area contributed by atoms with Crippen LogP contribution in [0, 0.1) is 0 Å². The highest BCUT2D eigenvalue weighted by Gasteiger charge is 1.97. The summed E-state index contributed by atoms with van der Waals surface area (Å²) < 4.78 is 0. The maximum absolute atomic E-state index is 5.85. The molecule has 0 heterocycles. The Morgan fingerprint density at radius 3 is 2.62 bits per heavy atom. The summed E-state index contributed by atoms with van der Waals surface area (Å²) >= 11 is 11.6. The van der Waals surface area contributed by atoms with Crippen LogP contribution in [0.1, 0.15) is 19.8 Å². The van der Waals surface area contributed by atoms with Crippen LogP contribution in [0.25, 0.3) is 0 Å². The van der Waals surface area contributed by atoms with Gasteiger partial charge in [-0.15, -0.1) is 0 Å². The molecule has 3 heteroatoms. The molecule has 72 valence electrons. The van der Waals surface area contributed by atoms with Crippen LogP contribution in [0.3, 0.4) is 0 Å². The van der Waals surface area contributed by atoms with Crippen LogP contribution in [0.5, 0.6) is 0 Å². The van der Waals surface area contributed by atoms with Gasteiger partial charge in [0.25, 0.3) is 0 Å². The molecule has 0 radical (unpaired) electrons. The highest BCUT2D eigenvalue weighted by atomic mass is 35.5. The van der Waals surface area contributed by atoms with Crippen LogP contribution in [-0.2, 0) is 0 Å². The third kappa shape index (κ3) is 3.45. The lowest BCUT2D eigenvalue weighted by Gasteiger charge is -2.05. The summed E-state index contributed by atoms with van der Waals surface area (Å²) in [6.07, 6.45) is 2.36. The summed E-state index contributed by atoms with van der Waals surface area (Å²) in [5.74, 6) is 0. The fourth-order valence-corrected chi connectivity index (χ4v) is 1.31. The number of unbranched alkanes of at least 4 members (excludes halogenated alkanes) is 1. The number of anilines is 1. The Balaban J connectivity index is 2.53. The van der Waals surface area contributed by atoms with E-state index in [9.17, 15) is 0 Å². The van der Waals surface area contributed by atoms with E-state index in [0.29, 0.717) is 10.0 Å². The van der Waals surface area contributed by atoms with Gasteiger partial charge >= 0.3 is 0 Å². The van der Waals surface area contributed by atoms with Crippen molar-refractivity contribution in [2.45, 2.75) is 19.8 Å². The third-order valence-electron chi connectivity index (χ3n) is 1.78. The van der Waals surface area contributed by atoms with Gasteiger partial charge in [-0.2, -0.15) is 0 Å². The van der Waals surface area contributed by atoms with Gasteiger partial charge in [0.2, 0.25) is 0 Å². The average Bonchev–Trinajstić information content (AvgIpc) is 2.12. The Kier molecular flexibility index (Phi) is 4.40. The van der Waals surface area contributed by atoms with Crippen LogP contribution in [0.4, 0.5) is 5.69 Å². The van der Waals surface area contributed by atoms with Gasteiger partial charge in [0.1, 0.15) is 0 Å². The molecule has 0 saturated heterocycles. The monoisotopic (exact) mass is 217 g/mol. The summed E-state index contributed by atoms with van der Waals surface area (Å²) in [5.41, 5.74) is 1.03. The Morgan fingerprint density at radius 1 is 1.23 bits per heavy atom. The molecule has 1 N–H and O–H groups in total. The van der Waals surface area contributed by atoms with E-state index >= 15 is 0 Å². The van der Waals surface area contributed by atoms with E-state index in [4.69, 9.17) is 23.2 Å². The zero-order valence-corrected chi connectivity index (χ0v) is 9.12. The van der Waals surface area contributed by atoms with E-state index in [1.165, 1.54) is 12.8 Å². The number of halogens is 2. The van der Waals surface area contributed by atoms with Crippen molar-refractivity contribution in [3.63, 3.8) is 0 Å². The van der Waals surface area contributed by atoms with Crippen molar-refractivity contribution >= 4 is 28.9 Å².